The standard InChI is InChI=1S/C20H24N2O2.ClH/c1-24-19-10-8-17(9-11-19)16-6-4-15(5-7-16)14-22-20(23)13-18-3-2-12-21-18;/h4-11,18,21H,2-3,12-14H2,1H3,(H,22,23);1H. The molecule has 1 amide bonds. The van der Waals surface area contributed by atoms with Gasteiger partial charge in [-0.2, -0.15) is 0 Å². The normalized spacial score (nSPS) is 16.1. The van der Waals surface area contributed by atoms with Crippen LogP contribution in [0.1, 0.15) is 24.8 Å². The molecule has 2 N–H and O–H groups in total. The first kappa shape index (κ1) is 19.3. The highest BCUT2D eigenvalue weighted by molar-refractivity contribution is 5.85. The van der Waals surface area contributed by atoms with Crippen molar-refractivity contribution < 1.29 is 9.53 Å². The summed E-state index contributed by atoms with van der Waals surface area (Å²) in [5.74, 6) is 0.975. The van der Waals surface area contributed by atoms with Crippen LogP contribution in [0.2, 0.25) is 0 Å². The van der Waals surface area contributed by atoms with Crippen molar-refractivity contribution in [2.45, 2.75) is 31.8 Å². The molecule has 1 fully saturated rings. The molecule has 2 aromatic rings. The van der Waals surface area contributed by atoms with Crippen LogP contribution in [0.3, 0.4) is 0 Å². The van der Waals surface area contributed by atoms with E-state index in [-0.39, 0.29) is 18.3 Å². The Morgan fingerprint density at radius 1 is 1.12 bits per heavy atom. The molecule has 1 saturated heterocycles. The van der Waals surface area contributed by atoms with E-state index in [0.717, 1.165) is 35.4 Å². The van der Waals surface area contributed by atoms with Crippen LogP contribution in [0.4, 0.5) is 0 Å². The SMILES string of the molecule is COc1ccc(-c2ccc(CNC(=O)CC3CCCN3)cc2)cc1.Cl. The molecule has 4 nitrogen and oxygen atoms in total. The molecule has 0 aliphatic carbocycles. The average molecular weight is 361 g/mol. The predicted molar refractivity (Wildman–Crippen MR) is 103 cm³/mol. The van der Waals surface area contributed by atoms with Gasteiger partial charge in [0.1, 0.15) is 5.75 Å². The smallest absolute Gasteiger partial charge is 0.221 e. The van der Waals surface area contributed by atoms with Gasteiger partial charge in [0.2, 0.25) is 5.91 Å². The van der Waals surface area contributed by atoms with E-state index in [1.807, 2.05) is 24.3 Å². The molecule has 25 heavy (non-hydrogen) atoms. The number of nitrogens with one attached hydrogen (secondary N) is 2. The lowest BCUT2D eigenvalue weighted by molar-refractivity contribution is -0.121. The fraction of sp³-hybridized carbons (Fsp3) is 0.350. The molecule has 1 unspecified atom stereocenters. The van der Waals surface area contributed by atoms with Crippen molar-refractivity contribution in [1.29, 1.82) is 0 Å². The third-order valence-electron chi connectivity index (χ3n) is 4.46. The molecule has 0 aromatic heterocycles. The van der Waals surface area contributed by atoms with Gasteiger partial charge >= 0.3 is 0 Å². The van der Waals surface area contributed by atoms with Gasteiger partial charge in [-0.15, -0.1) is 12.4 Å². The first-order valence-corrected chi connectivity index (χ1v) is 8.48. The molecule has 1 atom stereocenters. The van der Waals surface area contributed by atoms with E-state index in [4.69, 9.17) is 4.74 Å². The monoisotopic (exact) mass is 360 g/mol. The lowest BCUT2D eigenvalue weighted by Crippen LogP contribution is -2.31. The summed E-state index contributed by atoms with van der Waals surface area (Å²) in [6.45, 7) is 1.61. The summed E-state index contributed by atoms with van der Waals surface area (Å²) in [7, 11) is 1.67. The van der Waals surface area contributed by atoms with E-state index >= 15 is 0 Å². The maximum Gasteiger partial charge on any atom is 0.221 e. The van der Waals surface area contributed by atoms with Gasteiger partial charge in [-0.1, -0.05) is 36.4 Å². The molecule has 0 spiro atoms. The molecule has 134 valence electrons. The highest BCUT2D eigenvalue weighted by atomic mass is 35.5. The quantitative estimate of drug-likeness (QED) is 0.828. The van der Waals surface area contributed by atoms with Crippen LogP contribution >= 0.6 is 12.4 Å². The Morgan fingerprint density at radius 2 is 1.76 bits per heavy atom. The van der Waals surface area contributed by atoms with E-state index in [9.17, 15) is 4.79 Å². The molecule has 0 bridgehead atoms. The minimum atomic E-state index is 0. The third kappa shape index (κ3) is 5.48. The number of carbonyl (C=O) groups is 1. The maximum absolute atomic E-state index is 12.0. The molecular weight excluding hydrogens is 336 g/mol. The van der Waals surface area contributed by atoms with Crippen molar-refractivity contribution in [3.05, 3.63) is 54.1 Å². The number of ether oxygens (including phenoxy) is 1. The Morgan fingerprint density at radius 3 is 2.32 bits per heavy atom. The summed E-state index contributed by atoms with van der Waals surface area (Å²) in [6.07, 6.45) is 2.85. The van der Waals surface area contributed by atoms with Gasteiger partial charge in [0.25, 0.3) is 0 Å². The van der Waals surface area contributed by atoms with Gasteiger partial charge in [0.15, 0.2) is 0 Å². The predicted octanol–water partition coefficient (Wildman–Crippen LogP) is 3.54. The van der Waals surface area contributed by atoms with Crippen LogP contribution < -0.4 is 15.4 Å². The minimum Gasteiger partial charge on any atom is -0.497 e. The molecule has 0 radical (unpaired) electrons. The van der Waals surface area contributed by atoms with Crippen LogP contribution in [0.15, 0.2) is 48.5 Å². The van der Waals surface area contributed by atoms with E-state index in [1.54, 1.807) is 7.11 Å². The molecule has 2 aromatic carbocycles. The fourth-order valence-corrected chi connectivity index (χ4v) is 3.03. The summed E-state index contributed by atoms with van der Waals surface area (Å²) in [5.41, 5.74) is 3.42. The number of benzene rings is 2. The van der Waals surface area contributed by atoms with Gasteiger partial charge in [0, 0.05) is 19.0 Å². The van der Waals surface area contributed by atoms with Crippen molar-refractivity contribution in [1.82, 2.24) is 10.6 Å². The summed E-state index contributed by atoms with van der Waals surface area (Å²) in [4.78, 5) is 12.0. The fourth-order valence-electron chi connectivity index (χ4n) is 3.03. The molecule has 0 saturated carbocycles. The zero-order chi connectivity index (χ0) is 16.8. The van der Waals surface area contributed by atoms with Gasteiger partial charge in [0.05, 0.1) is 7.11 Å². The topological polar surface area (TPSA) is 50.4 Å². The number of amides is 1. The molecule has 1 aliphatic rings. The number of hydrogen-bond acceptors (Lipinski definition) is 3. The Bertz CT molecular complexity index is 665. The first-order valence-electron chi connectivity index (χ1n) is 8.48. The van der Waals surface area contributed by atoms with E-state index in [0.29, 0.717) is 19.0 Å². The van der Waals surface area contributed by atoms with Crippen LogP contribution in [-0.2, 0) is 11.3 Å². The summed E-state index contributed by atoms with van der Waals surface area (Å²) in [6, 6.07) is 16.7. The third-order valence-corrected chi connectivity index (χ3v) is 4.46. The van der Waals surface area contributed by atoms with Crippen molar-refractivity contribution >= 4 is 18.3 Å². The number of halogens is 1. The van der Waals surface area contributed by atoms with Crippen LogP contribution in [-0.4, -0.2) is 25.6 Å². The average Bonchev–Trinajstić information content (AvgIpc) is 3.13. The lowest BCUT2D eigenvalue weighted by atomic mass is 10.0. The second-order valence-electron chi connectivity index (χ2n) is 6.20. The largest absolute Gasteiger partial charge is 0.497 e. The second-order valence-corrected chi connectivity index (χ2v) is 6.20. The summed E-state index contributed by atoms with van der Waals surface area (Å²) < 4.78 is 5.18. The number of hydrogen-bond donors (Lipinski definition) is 2. The van der Waals surface area contributed by atoms with Crippen molar-refractivity contribution in [2.24, 2.45) is 0 Å². The minimum absolute atomic E-state index is 0. The van der Waals surface area contributed by atoms with Crippen LogP contribution in [0.5, 0.6) is 5.75 Å². The lowest BCUT2D eigenvalue weighted by Gasteiger charge is -2.11. The van der Waals surface area contributed by atoms with E-state index in [2.05, 4.69) is 34.9 Å². The van der Waals surface area contributed by atoms with E-state index < -0.39 is 0 Å². The van der Waals surface area contributed by atoms with Crippen molar-refractivity contribution in [3.8, 4) is 16.9 Å². The Hall–Kier alpha value is -2.04. The second kappa shape index (κ2) is 9.44. The van der Waals surface area contributed by atoms with Crippen molar-refractivity contribution in [3.63, 3.8) is 0 Å². The Balaban J connectivity index is 0.00000225. The highest BCUT2D eigenvalue weighted by Crippen LogP contribution is 2.22. The molecule has 1 aliphatic heterocycles. The molecular formula is C20H25ClN2O2. The Labute approximate surface area is 155 Å². The maximum atomic E-state index is 12.0. The molecule has 3 rings (SSSR count). The molecule has 1 heterocycles. The summed E-state index contributed by atoms with van der Waals surface area (Å²) in [5, 5.41) is 6.35. The number of rotatable bonds is 6. The Kier molecular flexibility index (Phi) is 7.29. The first-order chi connectivity index (χ1) is 11.7. The zero-order valence-corrected chi connectivity index (χ0v) is 15.3. The van der Waals surface area contributed by atoms with Crippen LogP contribution in [0.25, 0.3) is 11.1 Å². The summed E-state index contributed by atoms with van der Waals surface area (Å²) >= 11 is 0. The zero-order valence-electron chi connectivity index (χ0n) is 14.5. The van der Waals surface area contributed by atoms with Gasteiger partial charge < -0.3 is 15.4 Å². The molecule has 5 heteroatoms. The van der Waals surface area contributed by atoms with Gasteiger partial charge in [-0.05, 0) is 48.2 Å². The number of methoxy groups -OCH3 is 1. The van der Waals surface area contributed by atoms with Gasteiger partial charge in [-0.25, -0.2) is 0 Å². The highest BCUT2D eigenvalue weighted by Gasteiger charge is 2.17. The van der Waals surface area contributed by atoms with Gasteiger partial charge in [-0.3, -0.25) is 4.79 Å². The number of carbonyl (C=O) groups excluding carboxylic acids is 1. The van der Waals surface area contributed by atoms with E-state index in [1.165, 1.54) is 6.42 Å². The van der Waals surface area contributed by atoms with Crippen molar-refractivity contribution in [2.75, 3.05) is 13.7 Å². The van der Waals surface area contributed by atoms with Crippen LogP contribution in [0, 0.1) is 0 Å².